The summed E-state index contributed by atoms with van der Waals surface area (Å²) in [4.78, 5) is 24.0. The molecule has 7 heteroatoms. The number of H-pyrrole nitrogens is 1. The lowest BCUT2D eigenvalue weighted by molar-refractivity contribution is 0.0994. The third-order valence-corrected chi connectivity index (χ3v) is 4.98. The van der Waals surface area contributed by atoms with E-state index in [4.69, 9.17) is 9.72 Å². The fourth-order valence-electron chi connectivity index (χ4n) is 3.75. The molecule has 1 aliphatic rings. The maximum Gasteiger partial charge on any atom is 0.259 e. The number of aromatic amines is 1. The van der Waals surface area contributed by atoms with Gasteiger partial charge in [0.1, 0.15) is 17.9 Å². The predicted octanol–water partition coefficient (Wildman–Crippen LogP) is 3.11. The molecule has 7 nitrogen and oxygen atoms in total. The maximum absolute atomic E-state index is 13.3. The van der Waals surface area contributed by atoms with Gasteiger partial charge in [0.25, 0.3) is 5.91 Å². The van der Waals surface area contributed by atoms with Crippen molar-refractivity contribution in [3.8, 4) is 5.75 Å². The number of aromatic nitrogens is 4. The first-order chi connectivity index (χ1) is 13.3. The van der Waals surface area contributed by atoms with Crippen LogP contribution in [-0.4, -0.2) is 39.7 Å². The van der Waals surface area contributed by atoms with Crippen LogP contribution in [0.4, 0.5) is 5.69 Å². The van der Waals surface area contributed by atoms with E-state index in [1.807, 2.05) is 41.3 Å². The Labute approximate surface area is 155 Å². The van der Waals surface area contributed by atoms with Crippen molar-refractivity contribution in [1.82, 2.24) is 20.2 Å². The summed E-state index contributed by atoms with van der Waals surface area (Å²) in [5, 5.41) is 8.54. The van der Waals surface area contributed by atoms with Crippen molar-refractivity contribution in [3.05, 3.63) is 54.1 Å². The zero-order valence-electron chi connectivity index (χ0n) is 14.8. The molecule has 0 radical (unpaired) electrons. The molecule has 0 bridgehead atoms. The first kappa shape index (κ1) is 15.7. The van der Waals surface area contributed by atoms with E-state index in [9.17, 15) is 4.79 Å². The predicted molar refractivity (Wildman–Crippen MR) is 102 cm³/mol. The van der Waals surface area contributed by atoms with E-state index in [0.29, 0.717) is 24.3 Å². The summed E-state index contributed by atoms with van der Waals surface area (Å²) in [6.07, 6.45) is 3.06. The highest BCUT2D eigenvalue weighted by atomic mass is 16.5. The van der Waals surface area contributed by atoms with Gasteiger partial charge >= 0.3 is 0 Å². The highest BCUT2D eigenvalue weighted by Crippen LogP contribution is 2.40. The summed E-state index contributed by atoms with van der Waals surface area (Å²) in [5.74, 6) is 1.49. The van der Waals surface area contributed by atoms with Crippen LogP contribution in [0.2, 0.25) is 0 Å². The summed E-state index contributed by atoms with van der Waals surface area (Å²) in [6, 6.07) is 11.5. The molecule has 1 amide bonds. The number of pyridine rings is 1. The molecule has 0 fully saturated rings. The SMILES string of the molecule is COc1ccc2nc3cccc4c3c(c2c1)C(=O)N4CCCc1nc[nH]n1. The van der Waals surface area contributed by atoms with E-state index in [2.05, 4.69) is 15.2 Å². The second-order valence-corrected chi connectivity index (χ2v) is 6.52. The van der Waals surface area contributed by atoms with E-state index >= 15 is 0 Å². The molecule has 0 atom stereocenters. The number of amides is 1. The highest BCUT2D eigenvalue weighted by molar-refractivity contribution is 6.30. The number of benzene rings is 2. The van der Waals surface area contributed by atoms with Crippen LogP contribution in [0, 0.1) is 0 Å². The molecule has 2 aromatic carbocycles. The Hall–Kier alpha value is -3.48. The first-order valence-corrected chi connectivity index (χ1v) is 8.83. The van der Waals surface area contributed by atoms with E-state index in [0.717, 1.165) is 39.7 Å². The van der Waals surface area contributed by atoms with Gasteiger partial charge in [0.05, 0.1) is 29.4 Å². The lowest BCUT2D eigenvalue weighted by Gasteiger charge is -2.17. The molecule has 0 saturated carbocycles. The number of carbonyl (C=O) groups is 1. The number of hydrogen-bond donors (Lipinski definition) is 1. The number of fused-ring (bicyclic) bond motifs is 2. The molecule has 0 saturated heterocycles. The van der Waals surface area contributed by atoms with Gasteiger partial charge in [0.2, 0.25) is 0 Å². The smallest absolute Gasteiger partial charge is 0.259 e. The molecule has 0 unspecified atom stereocenters. The molecule has 0 aliphatic carbocycles. The number of anilines is 1. The normalized spacial score (nSPS) is 13.1. The van der Waals surface area contributed by atoms with Gasteiger partial charge in [-0.05, 0) is 36.8 Å². The van der Waals surface area contributed by atoms with Crippen LogP contribution in [0.25, 0.3) is 21.8 Å². The van der Waals surface area contributed by atoms with E-state index in [-0.39, 0.29) is 5.91 Å². The third kappa shape index (κ3) is 2.43. The number of ether oxygens (including phenoxy) is 1. The van der Waals surface area contributed by atoms with Crippen LogP contribution in [0.15, 0.2) is 42.7 Å². The molecule has 5 rings (SSSR count). The Morgan fingerprint density at radius 3 is 2.93 bits per heavy atom. The molecule has 134 valence electrons. The van der Waals surface area contributed by atoms with Gasteiger partial charge in [-0.25, -0.2) is 9.97 Å². The monoisotopic (exact) mass is 359 g/mol. The number of carbonyl (C=O) groups excluding carboxylic acids is 1. The molecule has 3 heterocycles. The van der Waals surface area contributed by atoms with Gasteiger partial charge in [-0.15, -0.1) is 0 Å². The van der Waals surface area contributed by atoms with Crippen LogP contribution in [0.5, 0.6) is 5.75 Å². The molecule has 1 N–H and O–H groups in total. The molecular formula is C20H17N5O2. The largest absolute Gasteiger partial charge is 0.497 e. The van der Waals surface area contributed by atoms with Gasteiger partial charge in [0.15, 0.2) is 0 Å². The van der Waals surface area contributed by atoms with Gasteiger partial charge in [-0.2, -0.15) is 5.10 Å². The third-order valence-electron chi connectivity index (χ3n) is 4.98. The molecule has 1 aliphatic heterocycles. The zero-order valence-corrected chi connectivity index (χ0v) is 14.8. The first-order valence-electron chi connectivity index (χ1n) is 8.83. The highest BCUT2D eigenvalue weighted by Gasteiger charge is 2.32. The average Bonchev–Trinajstić information content (AvgIpc) is 3.31. The minimum absolute atomic E-state index is 0.0110. The Morgan fingerprint density at radius 2 is 2.11 bits per heavy atom. The van der Waals surface area contributed by atoms with Crippen molar-refractivity contribution in [3.63, 3.8) is 0 Å². The van der Waals surface area contributed by atoms with Gasteiger partial charge < -0.3 is 9.64 Å². The summed E-state index contributed by atoms with van der Waals surface area (Å²) >= 11 is 0. The Balaban J connectivity index is 1.58. The van der Waals surface area contributed by atoms with E-state index in [1.54, 1.807) is 13.4 Å². The van der Waals surface area contributed by atoms with Crippen molar-refractivity contribution < 1.29 is 9.53 Å². The van der Waals surface area contributed by atoms with Crippen molar-refractivity contribution >= 4 is 33.4 Å². The van der Waals surface area contributed by atoms with E-state index in [1.165, 1.54) is 0 Å². The quantitative estimate of drug-likeness (QED) is 0.554. The van der Waals surface area contributed by atoms with Crippen LogP contribution < -0.4 is 9.64 Å². The van der Waals surface area contributed by atoms with Crippen LogP contribution in [0.1, 0.15) is 22.6 Å². The lowest BCUT2D eigenvalue weighted by atomic mass is 10.0. The zero-order chi connectivity index (χ0) is 18.4. The van der Waals surface area contributed by atoms with Gasteiger partial charge in [-0.3, -0.25) is 9.89 Å². The van der Waals surface area contributed by atoms with Crippen LogP contribution >= 0.6 is 0 Å². The average molecular weight is 359 g/mol. The number of methoxy groups -OCH3 is 1. The fourth-order valence-corrected chi connectivity index (χ4v) is 3.75. The summed E-state index contributed by atoms with van der Waals surface area (Å²) < 4.78 is 5.35. The number of nitrogens with one attached hydrogen (secondary N) is 1. The number of rotatable bonds is 5. The summed E-state index contributed by atoms with van der Waals surface area (Å²) in [5.41, 5.74) is 3.26. The van der Waals surface area contributed by atoms with Crippen LogP contribution in [0.3, 0.4) is 0 Å². The topological polar surface area (TPSA) is 84.0 Å². The number of hydrogen-bond acceptors (Lipinski definition) is 5. The van der Waals surface area contributed by atoms with Crippen LogP contribution in [-0.2, 0) is 6.42 Å². The second-order valence-electron chi connectivity index (χ2n) is 6.52. The molecule has 4 aromatic rings. The molecule has 2 aromatic heterocycles. The Kier molecular flexibility index (Phi) is 3.53. The number of aryl methyl sites for hydroxylation is 1. The maximum atomic E-state index is 13.3. The van der Waals surface area contributed by atoms with Crippen molar-refractivity contribution in [1.29, 1.82) is 0 Å². The fraction of sp³-hybridized carbons (Fsp3) is 0.200. The molecule has 0 spiro atoms. The summed E-state index contributed by atoms with van der Waals surface area (Å²) in [7, 11) is 1.62. The second kappa shape index (κ2) is 6.05. The number of nitrogens with zero attached hydrogens (tertiary/aromatic N) is 4. The van der Waals surface area contributed by atoms with Gasteiger partial charge in [0, 0.05) is 23.7 Å². The van der Waals surface area contributed by atoms with Crippen molar-refractivity contribution in [2.75, 3.05) is 18.6 Å². The molecule has 27 heavy (non-hydrogen) atoms. The van der Waals surface area contributed by atoms with E-state index < -0.39 is 0 Å². The minimum atomic E-state index is 0.0110. The lowest BCUT2D eigenvalue weighted by Crippen LogP contribution is -2.28. The standard InChI is InChI=1S/C20H17N5O2/c1-27-12-7-8-14-13(10-12)18-19-15(23-14)4-2-5-16(19)25(20(18)26)9-3-6-17-21-11-22-24-17/h2,4-5,7-8,10-11H,3,6,9H2,1H3,(H,21,22,24). The Morgan fingerprint density at radius 1 is 1.19 bits per heavy atom. The summed E-state index contributed by atoms with van der Waals surface area (Å²) in [6.45, 7) is 0.604. The molecular weight excluding hydrogens is 342 g/mol. The van der Waals surface area contributed by atoms with Crippen molar-refractivity contribution in [2.45, 2.75) is 12.8 Å². The van der Waals surface area contributed by atoms with Gasteiger partial charge in [-0.1, -0.05) is 6.07 Å². The minimum Gasteiger partial charge on any atom is -0.497 e. The Bertz CT molecular complexity index is 1170. The van der Waals surface area contributed by atoms with Crippen molar-refractivity contribution in [2.24, 2.45) is 0 Å².